The summed E-state index contributed by atoms with van der Waals surface area (Å²) < 4.78 is 0. The molecule has 26 heavy (non-hydrogen) atoms. The molecular formula is C22H27ClN2O. The fourth-order valence-corrected chi connectivity index (χ4v) is 3.76. The standard InChI is InChI=1S/C22H27ClN2O/c1-17-4-3-11-25(15-17)16-19-9-7-18(8-10-19)14-24-22(26)13-20-5-2-6-21(23)12-20/h2,5-10,12,17H,3-4,11,13-16H2,1H3,(H,24,26). The molecule has 0 bridgehead atoms. The molecule has 1 fully saturated rings. The largest absolute Gasteiger partial charge is 0.352 e. The van der Waals surface area contributed by atoms with Gasteiger partial charge in [-0.15, -0.1) is 0 Å². The van der Waals surface area contributed by atoms with Crippen LogP contribution in [0.15, 0.2) is 48.5 Å². The highest BCUT2D eigenvalue weighted by molar-refractivity contribution is 6.30. The number of hydrogen-bond donors (Lipinski definition) is 1. The van der Waals surface area contributed by atoms with Gasteiger partial charge in [0.05, 0.1) is 6.42 Å². The second kappa shape index (κ2) is 9.20. The molecule has 1 amide bonds. The molecule has 3 nitrogen and oxygen atoms in total. The first-order valence-corrected chi connectivity index (χ1v) is 9.77. The van der Waals surface area contributed by atoms with Crippen molar-refractivity contribution >= 4 is 17.5 Å². The number of benzene rings is 2. The van der Waals surface area contributed by atoms with Crippen LogP contribution in [0.5, 0.6) is 0 Å². The Labute approximate surface area is 161 Å². The van der Waals surface area contributed by atoms with Crippen LogP contribution in [0.2, 0.25) is 5.02 Å². The first-order valence-electron chi connectivity index (χ1n) is 9.40. The average molecular weight is 371 g/mol. The van der Waals surface area contributed by atoms with Gasteiger partial charge in [0, 0.05) is 24.7 Å². The Hall–Kier alpha value is -1.84. The zero-order chi connectivity index (χ0) is 18.4. The zero-order valence-electron chi connectivity index (χ0n) is 15.4. The van der Waals surface area contributed by atoms with Crippen molar-refractivity contribution in [2.24, 2.45) is 5.92 Å². The van der Waals surface area contributed by atoms with Gasteiger partial charge in [-0.25, -0.2) is 0 Å². The fraction of sp³-hybridized carbons (Fsp3) is 0.409. The number of carbonyl (C=O) groups excluding carboxylic acids is 1. The van der Waals surface area contributed by atoms with Gasteiger partial charge in [0.25, 0.3) is 0 Å². The Bertz CT molecular complexity index is 729. The van der Waals surface area contributed by atoms with Gasteiger partial charge in [-0.2, -0.15) is 0 Å². The van der Waals surface area contributed by atoms with Crippen molar-refractivity contribution in [3.8, 4) is 0 Å². The van der Waals surface area contributed by atoms with Gasteiger partial charge in [0.1, 0.15) is 0 Å². The molecule has 1 saturated heterocycles. The lowest BCUT2D eigenvalue weighted by molar-refractivity contribution is -0.120. The minimum atomic E-state index is 0.0126. The van der Waals surface area contributed by atoms with E-state index in [1.54, 1.807) is 0 Å². The van der Waals surface area contributed by atoms with Crippen LogP contribution in [-0.4, -0.2) is 23.9 Å². The number of carbonyl (C=O) groups is 1. The van der Waals surface area contributed by atoms with E-state index in [0.717, 1.165) is 23.6 Å². The second-order valence-electron chi connectivity index (χ2n) is 7.38. The molecule has 0 aromatic heterocycles. The quantitative estimate of drug-likeness (QED) is 0.815. The Morgan fingerprint density at radius 1 is 1.15 bits per heavy atom. The molecular weight excluding hydrogens is 344 g/mol. The van der Waals surface area contributed by atoms with E-state index in [0.29, 0.717) is 18.0 Å². The molecule has 0 spiro atoms. The number of piperidine rings is 1. The van der Waals surface area contributed by atoms with Crippen molar-refractivity contribution < 1.29 is 4.79 Å². The van der Waals surface area contributed by atoms with Crippen LogP contribution in [-0.2, 0) is 24.3 Å². The number of hydrogen-bond acceptors (Lipinski definition) is 2. The summed E-state index contributed by atoms with van der Waals surface area (Å²) >= 11 is 5.96. The predicted molar refractivity (Wildman–Crippen MR) is 107 cm³/mol. The number of likely N-dealkylation sites (tertiary alicyclic amines) is 1. The van der Waals surface area contributed by atoms with E-state index in [1.165, 1.54) is 31.5 Å². The third kappa shape index (κ3) is 5.86. The van der Waals surface area contributed by atoms with Gasteiger partial charge >= 0.3 is 0 Å². The number of nitrogens with zero attached hydrogens (tertiary/aromatic N) is 1. The monoisotopic (exact) mass is 370 g/mol. The van der Waals surface area contributed by atoms with Crippen molar-refractivity contribution in [3.05, 3.63) is 70.2 Å². The molecule has 0 aliphatic carbocycles. The van der Waals surface area contributed by atoms with Crippen LogP contribution in [0.3, 0.4) is 0 Å². The van der Waals surface area contributed by atoms with E-state index in [4.69, 9.17) is 11.6 Å². The van der Waals surface area contributed by atoms with Gasteiger partial charge in [0.2, 0.25) is 5.91 Å². The first kappa shape index (κ1) is 18.9. The average Bonchev–Trinajstić information content (AvgIpc) is 2.61. The van der Waals surface area contributed by atoms with Crippen LogP contribution in [0, 0.1) is 5.92 Å². The molecule has 0 saturated carbocycles. The van der Waals surface area contributed by atoms with Crippen LogP contribution in [0.1, 0.15) is 36.5 Å². The summed E-state index contributed by atoms with van der Waals surface area (Å²) in [5.41, 5.74) is 3.40. The van der Waals surface area contributed by atoms with E-state index in [1.807, 2.05) is 24.3 Å². The smallest absolute Gasteiger partial charge is 0.224 e. The molecule has 1 aliphatic heterocycles. The SMILES string of the molecule is CC1CCCN(Cc2ccc(CNC(=O)Cc3cccc(Cl)c3)cc2)C1. The molecule has 2 aromatic rings. The Balaban J connectivity index is 1.46. The van der Waals surface area contributed by atoms with Crippen LogP contribution < -0.4 is 5.32 Å². The van der Waals surface area contributed by atoms with Crippen LogP contribution in [0.4, 0.5) is 0 Å². The summed E-state index contributed by atoms with van der Waals surface area (Å²) in [5, 5.41) is 3.64. The van der Waals surface area contributed by atoms with Crippen molar-refractivity contribution in [1.82, 2.24) is 10.2 Å². The molecule has 2 aromatic carbocycles. The zero-order valence-corrected chi connectivity index (χ0v) is 16.1. The lowest BCUT2D eigenvalue weighted by atomic mass is 9.99. The molecule has 138 valence electrons. The molecule has 1 atom stereocenters. The minimum Gasteiger partial charge on any atom is -0.352 e. The Morgan fingerprint density at radius 2 is 1.92 bits per heavy atom. The van der Waals surface area contributed by atoms with Crippen LogP contribution in [0.25, 0.3) is 0 Å². The maximum atomic E-state index is 12.1. The lowest BCUT2D eigenvalue weighted by Crippen LogP contribution is -2.33. The summed E-state index contributed by atoms with van der Waals surface area (Å²) in [6.07, 6.45) is 3.01. The molecule has 1 unspecified atom stereocenters. The molecule has 0 radical (unpaired) electrons. The van der Waals surface area contributed by atoms with Gasteiger partial charge in [-0.05, 0) is 54.1 Å². The first-order chi connectivity index (χ1) is 12.6. The molecule has 1 heterocycles. The fourth-order valence-electron chi connectivity index (χ4n) is 3.55. The number of halogens is 1. The number of rotatable bonds is 6. The normalized spacial score (nSPS) is 17.8. The lowest BCUT2D eigenvalue weighted by Gasteiger charge is -2.30. The summed E-state index contributed by atoms with van der Waals surface area (Å²) in [5.74, 6) is 0.816. The third-order valence-electron chi connectivity index (χ3n) is 4.91. The Kier molecular flexibility index (Phi) is 6.70. The number of nitrogens with one attached hydrogen (secondary N) is 1. The summed E-state index contributed by atoms with van der Waals surface area (Å²) in [6, 6.07) is 16.0. The van der Waals surface area contributed by atoms with Gasteiger partial charge in [0.15, 0.2) is 0 Å². The van der Waals surface area contributed by atoms with E-state index < -0.39 is 0 Å². The highest BCUT2D eigenvalue weighted by Gasteiger charge is 2.16. The van der Waals surface area contributed by atoms with Crippen molar-refractivity contribution in [2.75, 3.05) is 13.1 Å². The topological polar surface area (TPSA) is 32.3 Å². The third-order valence-corrected chi connectivity index (χ3v) is 5.15. The number of amides is 1. The highest BCUT2D eigenvalue weighted by Crippen LogP contribution is 2.18. The molecule has 3 rings (SSSR count). The summed E-state index contributed by atoms with van der Waals surface area (Å²) in [6.45, 7) is 6.31. The predicted octanol–water partition coefficient (Wildman–Crippen LogP) is 4.43. The van der Waals surface area contributed by atoms with Crippen LogP contribution >= 0.6 is 11.6 Å². The van der Waals surface area contributed by atoms with E-state index in [9.17, 15) is 4.79 Å². The van der Waals surface area contributed by atoms with Gasteiger partial charge < -0.3 is 5.32 Å². The Morgan fingerprint density at radius 3 is 2.65 bits per heavy atom. The molecule has 1 aliphatic rings. The second-order valence-corrected chi connectivity index (χ2v) is 7.82. The van der Waals surface area contributed by atoms with E-state index in [-0.39, 0.29) is 5.91 Å². The minimum absolute atomic E-state index is 0.0126. The van der Waals surface area contributed by atoms with Gasteiger partial charge in [-0.1, -0.05) is 54.9 Å². The molecule has 1 N–H and O–H groups in total. The maximum absolute atomic E-state index is 12.1. The summed E-state index contributed by atoms with van der Waals surface area (Å²) in [7, 11) is 0. The summed E-state index contributed by atoms with van der Waals surface area (Å²) in [4.78, 5) is 14.6. The highest BCUT2D eigenvalue weighted by atomic mass is 35.5. The molecule has 4 heteroatoms. The van der Waals surface area contributed by atoms with Gasteiger partial charge in [-0.3, -0.25) is 9.69 Å². The van der Waals surface area contributed by atoms with E-state index >= 15 is 0 Å². The maximum Gasteiger partial charge on any atom is 0.224 e. The van der Waals surface area contributed by atoms with Crippen molar-refractivity contribution in [2.45, 2.75) is 39.3 Å². The van der Waals surface area contributed by atoms with Crippen molar-refractivity contribution in [1.29, 1.82) is 0 Å². The van der Waals surface area contributed by atoms with E-state index in [2.05, 4.69) is 41.4 Å². The van der Waals surface area contributed by atoms with Crippen molar-refractivity contribution in [3.63, 3.8) is 0 Å².